The molecule has 0 bridgehead atoms. The lowest BCUT2D eigenvalue weighted by Gasteiger charge is -2.18. The minimum atomic E-state index is -0.284. The fourth-order valence-electron chi connectivity index (χ4n) is 2.42. The van der Waals surface area contributed by atoms with E-state index in [9.17, 15) is 4.39 Å². The molecular weight excluding hydrogens is 476 g/mol. The minimum Gasteiger partial charge on any atom is -0.493 e. The summed E-state index contributed by atoms with van der Waals surface area (Å²) in [6.07, 6.45) is -0.116. The smallest absolute Gasteiger partial charge is 0.191 e. The standard InChI is InChI=1S/C20H26FN3O3.HI/c1-14(27-17-8-6-16(21)7-9-17)12-23-20(22-2)24-13-15-5-10-18(25-3)19(11-15)26-4;/h5-11,14H,12-13H2,1-4H3,(H2,22,23,24);1H. The molecule has 2 aromatic carbocycles. The molecule has 0 saturated carbocycles. The second-order valence-corrected chi connectivity index (χ2v) is 5.88. The van der Waals surface area contributed by atoms with Crippen LogP contribution in [0.1, 0.15) is 12.5 Å². The Morgan fingerprint density at radius 3 is 2.32 bits per heavy atom. The predicted molar refractivity (Wildman–Crippen MR) is 120 cm³/mol. The van der Waals surface area contributed by atoms with Gasteiger partial charge in [-0.25, -0.2) is 4.39 Å². The topological polar surface area (TPSA) is 64.1 Å². The molecule has 154 valence electrons. The van der Waals surface area contributed by atoms with Gasteiger partial charge in [0.2, 0.25) is 0 Å². The highest BCUT2D eigenvalue weighted by Gasteiger charge is 2.08. The van der Waals surface area contributed by atoms with Gasteiger partial charge in [-0.1, -0.05) is 6.07 Å². The van der Waals surface area contributed by atoms with Crippen LogP contribution in [0.2, 0.25) is 0 Å². The number of aliphatic imine (C=N–C) groups is 1. The normalized spacial score (nSPS) is 11.8. The Kier molecular flexibility index (Phi) is 10.4. The first-order chi connectivity index (χ1) is 13.0. The van der Waals surface area contributed by atoms with Gasteiger partial charge in [-0.3, -0.25) is 4.99 Å². The Balaban J connectivity index is 0.00000392. The van der Waals surface area contributed by atoms with E-state index in [2.05, 4.69) is 15.6 Å². The fraction of sp³-hybridized carbons (Fsp3) is 0.350. The average Bonchev–Trinajstić information content (AvgIpc) is 2.69. The van der Waals surface area contributed by atoms with Crippen LogP contribution in [0.15, 0.2) is 47.5 Å². The van der Waals surface area contributed by atoms with Crippen molar-refractivity contribution in [2.24, 2.45) is 4.99 Å². The maximum absolute atomic E-state index is 12.9. The van der Waals surface area contributed by atoms with Crippen molar-refractivity contribution < 1.29 is 18.6 Å². The van der Waals surface area contributed by atoms with Crippen molar-refractivity contribution in [2.75, 3.05) is 27.8 Å². The van der Waals surface area contributed by atoms with E-state index in [1.165, 1.54) is 12.1 Å². The summed E-state index contributed by atoms with van der Waals surface area (Å²) in [7, 11) is 4.92. The maximum Gasteiger partial charge on any atom is 0.191 e. The number of ether oxygens (including phenoxy) is 3. The van der Waals surface area contributed by atoms with E-state index >= 15 is 0 Å². The number of methoxy groups -OCH3 is 2. The fourth-order valence-corrected chi connectivity index (χ4v) is 2.42. The highest BCUT2D eigenvalue weighted by Crippen LogP contribution is 2.27. The van der Waals surface area contributed by atoms with Crippen molar-refractivity contribution in [3.05, 3.63) is 53.8 Å². The Morgan fingerprint density at radius 1 is 1.04 bits per heavy atom. The first kappa shape index (κ1) is 23.8. The summed E-state index contributed by atoms with van der Waals surface area (Å²) in [5, 5.41) is 6.44. The number of halogens is 2. The first-order valence-electron chi connectivity index (χ1n) is 8.63. The van der Waals surface area contributed by atoms with E-state index in [1.807, 2.05) is 25.1 Å². The molecule has 6 nitrogen and oxygen atoms in total. The van der Waals surface area contributed by atoms with Crippen molar-refractivity contribution in [3.63, 3.8) is 0 Å². The first-order valence-corrected chi connectivity index (χ1v) is 8.63. The lowest BCUT2D eigenvalue weighted by Crippen LogP contribution is -2.41. The Labute approximate surface area is 182 Å². The second kappa shape index (κ2) is 12.3. The molecule has 0 radical (unpaired) electrons. The zero-order valence-corrected chi connectivity index (χ0v) is 18.8. The van der Waals surface area contributed by atoms with Gasteiger partial charge in [-0.05, 0) is 48.9 Å². The molecule has 0 aliphatic rings. The van der Waals surface area contributed by atoms with Crippen LogP contribution >= 0.6 is 24.0 Å². The van der Waals surface area contributed by atoms with Gasteiger partial charge in [-0.15, -0.1) is 24.0 Å². The third-order valence-electron chi connectivity index (χ3n) is 3.84. The van der Waals surface area contributed by atoms with Crippen molar-refractivity contribution in [1.82, 2.24) is 10.6 Å². The molecule has 0 aliphatic carbocycles. The molecule has 2 rings (SSSR count). The van der Waals surface area contributed by atoms with Crippen molar-refractivity contribution in [2.45, 2.75) is 19.6 Å². The minimum absolute atomic E-state index is 0. The summed E-state index contributed by atoms with van der Waals surface area (Å²) in [4.78, 5) is 4.20. The van der Waals surface area contributed by atoms with Crippen LogP contribution in [-0.4, -0.2) is 39.9 Å². The number of hydrogen-bond donors (Lipinski definition) is 2. The SMILES string of the molecule is CN=C(NCc1ccc(OC)c(OC)c1)NCC(C)Oc1ccc(F)cc1.I. The van der Waals surface area contributed by atoms with Crippen molar-refractivity contribution >= 4 is 29.9 Å². The largest absolute Gasteiger partial charge is 0.493 e. The third-order valence-corrected chi connectivity index (χ3v) is 3.84. The molecule has 0 aromatic heterocycles. The van der Waals surface area contributed by atoms with E-state index in [0.717, 1.165) is 5.56 Å². The van der Waals surface area contributed by atoms with Crippen LogP contribution in [0.3, 0.4) is 0 Å². The number of nitrogens with zero attached hydrogens (tertiary/aromatic N) is 1. The molecule has 2 N–H and O–H groups in total. The van der Waals surface area contributed by atoms with Gasteiger partial charge in [-0.2, -0.15) is 0 Å². The van der Waals surface area contributed by atoms with Gasteiger partial charge in [0, 0.05) is 13.6 Å². The number of rotatable bonds is 8. The molecule has 1 unspecified atom stereocenters. The van der Waals surface area contributed by atoms with E-state index < -0.39 is 0 Å². The number of benzene rings is 2. The van der Waals surface area contributed by atoms with Gasteiger partial charge in [0.05, 0.1) is 20.8 Å². The van der Waals surface area contributed by atoms with Gasteiger partial charge >= 0.3 is 0 Å². The molecule has 8 heteroatoms. The van der Waals surface area contributed by atoms with Crippen molar-refractivity contribution in [3.8, 4) is 17.2 Å². The number of nitrogens with one attached hydrogen (secondary N) is 2. The van der Waals surface area contributed by atoms with Crippen LogP contribution in [0, 0.1) is 5.82 Å². The van der Waals surface area contributed by atoms with E-state index in [0.29, 0.717) is 36.3 Å². The zero-order valence-electron chi connectivity index (χ0n) is 16.5. The number of hydrogen-bond acceptors (Lipinski definition) is 4. The molecular formula is C20H27FIN3O3. The molecule has 0 fully saturated rings. The van der Waals surface area contributed by atoms with Crippen LogP contribution in [0.4, 0.5) is 4.39 Å². The Hall–Kier alpha value is -2.23. The number of guanidine groups is 1. The lowest BCUT2D eigenvalue weighted by atomic mass is 10.2. The van der Waals surface area contributed by atoms with Crippen LogP contribution in [0.25, 0.3) is 0 Å². The summed E-state index contributed by atoms with van der Waals surface area (Å²) in [6, 6.07) is 11.7. The van der Waals surface area contributed by atoms with Crippen LogP contribution in [-0.2, 0) is 6.54 Å². The van der Waals surface area contributed by atoms with Crippen molar-refractivity contribution in [1.29, 1.82) is 0 Å². The molecule has 1 atom stereocenters. The molecule has 0 spiro atoms. The Bertz CT molecular complexity index is 757. The molecule has 28 heavy (non-hydrogen) atoms. The van der Waals surface area contributed by atoms with E-state index in [1.54, 1.807) is 33.4 Å². The quantitative estimate of drug-likeness (QED) is 0.328. The van der Waals surface area contributed by atoms with E-state index in [4.69, 9.17) is 14.2 Å². The molecule has 0 amide bonds. The summed E-state index contributed by atoms with van der Waals surface area (Å²) in [6.45, 7) is 3.05. The summed E-state index contributed by atoms with van der Waals surface area (Å²) >= 11 is 0. The zero-order chi connectivity index (χ0) is 19.6. The predicted octanol–water partition coefficient (Wildman–Crippen LogP) is 3.59. The summed E-state index contributed by atoms with van der Waals surface area (Å²) < 4.78 is 29.2. The van der Waals surface area contributed by atoms with E-state index in [-0.39, 0.29) is 35.9 Å². The average molecular weight is 503 g/mol. The molecule has 0 heterocycles. The van der Waals surface area contributed by atoms with Crippen LogP contribution < -0.4 is 24.8 Å². The maximum atomic E-state index is 12.9. The monoisotopic (exact) mass is 503 g/mol. The van der Waals surface area contributed by atoms with Gasteiger partial charge in [0.15, 0.2) is 17.5 Å². The highest BCUT2D eigenvalue weighted by atomic mass is 127. The van der Waals surface area contributed by atoms with Gasteiger partial charge in [0.25, 0.3) is 0 Å². The Morgan fingerprint density at radius 2 is 1.71 bits per heavy atom. The van der Waals surface area contributed by atoms with Gasteiger partial charge < -0.3 is 24.8 Å². The summed E-state index contributed by atoms with van der Waals surface area (Å²) in [5.74, 6) is 2.36. The third kappa shape index (κ3) is 7.41. The summed E-state index contributed by atoms with van der Waals surface area (Å²) in [5.41, 5.74) is 1.03. The highest BCUT2D eigenvalue weighted by molar-refractivity contribution is 14.0. The molecule has 0 saturated heterocycles. The van der Waals surface area contributed by atoms with Crippen LogP contribution in [0.5, 0.6) is 17.2 Å². The second-order valence-electron chi connectivity index (χ2n) is 5.88. The van der Waals surface area contributed by atoms with Gasteiger partial charge in [0.1, 0.15) is 17.7 Å². The molecule has 0 aliphatic heterocycles. The molecule has 2 aromatic rings. The lowest BCUT2D eigenvalue weighted by molar-refractivity contribution is 0.223.